The molecule has 1 aromatic rings. The van der Waals surface area contributed by atoms with Gasteiger partial charge in [0, 0.05) is 26.5 Å². The van der Waals surface area contributed by atoms with Gasteiger partial charge in [0.15, 0.2) is 0 Å². The van der Waals surface area contributed by atoms with Crippen molar-refractivity contribution in [1.82, 2.24) is 4.90 Å². The molecule has 0 aromatic heterocycles. The fourth-order valence-electron chi connectivity index (χ4n) is 1.86. The molecule has 0 aliphatic rings. The van der Waals surface area contributed by atoms with E-state index in [-0.39, 0.29) is 0 Å². The summed E-state index contributed by atoms with van der Waals surface area (Å²) in [6.45, 7) is 2.35. The summed E-state index contributed by atoms with van der Waals surface area (Å²) in [6, 6.07) is 8.33. The van der Waals surface area contributed by atoms with Crippen LogP contribution in [0.5, 0.6) is 0 Å². The summed E-state index contributed by atoms with van der Waals surface area (Å²) >= 11 is 0. The first kappa shape index (κ1) is 15.0. The van der Waals surface area contributed by atoms with Crippen molar-refractivity contribution in [3.05, 3.63) is 29.8 Å². The molecule has 1 aromatic carbocycles. The average molecular weight is 252 g/mol. The molecule has 0 atom stereocenters. The van der Waals surface area contributed by atoms with E-state index in [4.69, 9.17) is 15.2 Å². The summed E-state index contributed by atoms with van der Waals surface area (Å²) in [5, 5.41) is 0. The highest BCUT2D eigenvalue weighted by Gasteiger charge is 2.13. The van der Waals surface area contributed by atoms with Gasteiger partial charge in [-0.1, -0.05) is 12.1 Å². The maximum Gasteiger partial charge on any atom is 0.0640 e. The molecule has 18 heavy (non-hydrogen) atoms. The lowest BCUT2D eigenvalue weighted by Crippen LogP contribution is -2.40. The van der Waals surface area contributed by atoms with Crippen molar-refractivity contribution in [3.63, 3.8) is 0 Å². The summed E-state index contributed by atoms with van der Waals surface area (Å²) in [5.41, 5.74) is 7.77. The molecule has 0 heterocycles. The molecule has 4 heteroatoms. The fraction of sp³-hybridized carbons (Fsp3) is 0.571. The minimum atomic E-state index is 0.300. The van der Waals surface area contributed by atoms with Gasteiger partial charge in [0.05, 0.1) is 19.3 Å². The summed E-state index contributed by atoms with van der Waals surface area (Å²) in [4.78, 5) is 2.27. The van der Waals surface area contributed by atoms with Gasteiger partial charge >= 0.3 is 0 Å². The van der Waals surface area contributed by atoms with Crippen molar-refractivity contribution < 1.29 is 9.47 Å². The minimum absolute atomic E-state index is 0.300. The molecule has 0 aliphatic heterocycles. The molecular weight excluding hydrogens is 228 g/mol. The second-order valence-electron chi connectivity index (χ2n) is 4.54. The molecule has 0 fully saturated rings. The molecule has 0 aliphatic carbocycles. The van der Waals surface area contributed by atoms with Gasteiger partial charge in [-0.05, 0) is 31.2 Å². The fourth-order valence-corrected chi connectivity index (χ4v) is 1.86. The van der Waals surface area contributed by atoms with Crippen LogP contribution in [0.3, 0.4) is 0 Å². The number of nitrogens with zero attached hydrogens (tertiary/aromatic N) is 1. The summed E-state index contributed by atoms with van der Waals surface area (Å²) in [7, 11) is 5.53. The Kier molecular flexibility index (Phi) is 6.72. The Morgan fingerprint density at radius 3 is 2.17 bits per heavy atom. The van der Waals surface area contributed by atoms with Crippen LogP contribution in [0.1, 0.15) is 5.56 Å². The molecule has 0 saturated heterocycles. The molecule has 0 radical (unpaired) electrons. The molecule has 0 amide bonds. The van der Waals surface area contributed by atoms with Gasteiger partial charge in [-0.25, -0.2) is 0 Å². The van der Waals surface area contributed by atoms with E-state index >= 15 is 0 Å². The van der Waals surface area contributed by atoms with E-state index in [9.17, 15) is 0 Å². The van der Waals surface area contributed by atoms with E-state index in [1.807, 2.05) is 12.1 Å². The number of anilines is 1. The van der Waals surface area contributed by atoms with Crippen LogP contribution in [0.4, 0.5) is 5.69 Å². The molecule has 2 N–H and O–H groups in total. The van der Waals surface area contributed by atoms with Crippen molar-refractivity contribution in [2.24, 2.45) is 0 Å². The molecule has 0 saturated carbocycles. The number of nitrogens with two attached hydrogens (primary N) is 1. The zero-order valence-corrected chi connectivity index (χ0v) is 11.6. The van der Waals surface area contributed by atoms with Crippen molar-refractivity contribution >= 4 is 5.69 Å². The van der Waals surface area contributed by atoms with E-state index in [2.05, 4.69) is 24.1 Å². The predicted octanol–water partition coefficient (Wildman–Crippen LogP) is 1.40. The summed E-state index contributed by atoms with van der Waals surface area (Å²) in [6.07, 6.45) is 1.00. The second-order valence-corrected chi connectivity index (χ2v) is 4.54. The third kappa shape index (κ3) is 5.04. The average Bonchev–Trinajstić information content (AvgIpc) is 2.37. The molecule has 0 bridgehead atoms. The molecule has 1 rings (SSSR count). The number of hydrogen-bond donors (Lipinski definition) is 1. The van der Waals surface area contributed by atoms with Crippen LogP contribution >= 0.6 is 0 Å². The van der Waals surface area contributed by atoms with E-state index in [0.717, 1.165) is 18.7 Å². The van der Waals surface area contributed by atoms with E-state index in [1.165, 1.54) is 5.56 Å². The molecule has 4 nitrogen and oxygen atoms in total. The highest BCUT2D eigenvalue weighted by atomic mass is 16.5. The minimum Gasteiger partial charge on any atom is -0.399 e. The lowest BCUT2D eigenvalue weighted by molar-refractivity contribution is 0.0486. The first-order chi connectivity index (χ1) is 8.67. The first-order valence-corrected chi connectivity index (χ1v) is 6.20. The zero-order chi connectivity index (χ0) is 13.4. The van der Waals surface area contributed by atoms with Crippen molar-refractivity contribution in [2.45, 2.75) is 12.5 Å². The lowest BCUT2D eigenvalue weighted by atomic mass is 10.1. The first-order valence-electron chi connectivity index (χ1n) is 6.20. The van der Waals surface area contributed by atoms with Crippen molar-refractivity contribution in [3.8, 4) is 0 Å². The molecular formula is C14H24N2O2. The number of hydrogen-bond acceptors (Lipinski definition) is 4. The van der Waals surface area contributed by atoms with E-state index in [1.54, 1.807) is 14.2 Å². The number of rotatable bonds is 8. The number of benzene rings is 1. The van der Waals surface area contributed by atoms with Crippen LogP contribution < -0.4 is 5.73 Å². The number of nitrogen functional groups attached to an aromatic ring is 1. The lowest BCUT2D eigenvalue weighted by Gasteiger charge is -2.26. The van der Waals surface area contributed by atoms with Gasteiger partial charge < -0.3 is 15.2 Å². The third-order valence-corrected chi connectivity index (χ3v) is 3.07. The Balaban J connectivity index is 2.42. The largest absolute Gasteiger partial charge is 0.399 e. The Labute approximate surface area is 110 Å². The van der Waals surface area contributed by atoms with E-state index in [0.29, 0.717) is 19.3 Å². The van der Waals surface area contributed by atoms with Gasteiger partial charge in [0.25, 0.3) is 0 Å². The van der Waals surface area contributed by atoms with Crippen molar-refractivity contribution in [1.29, 1.82) is 0 Å². The second kappa shape index (κ2) is 8.08. The standard InChI is InChI=1S/C14H24N2O2/c1-16(14(10-17-2)11-18-3)9-8-12-4-6-13(15)7-5-12/h4-7,14H,8-11,15H2,1-3H3. The van der Waals surface area contributed by atoms with Crippen molar-refractivity contribution in [2.75, 3.05) is 46.8 Å². The Morgan fingerprint density at radius 2 is 1.67 bits per heavy atom. The zero-order valence-electron chi connectivity index (χ0n) is 11.6. The Bertz CT molecular complexity index is 321. The third-order valence-electron chi connectivity index (χ3n) is 3.07. The maximum absolute atomic E-state index is 5.67. The van der Waals surface area contributed by atoms with Crippen LogP contribution in [0, 0.1) is 0 Å². The molecule has 0 unspecified atom stereocenters. The van der Waals surface area contributed by atoms with Gasteiger partial charge in [-0.15, -0.1) is 0 Å². The van der Waals surface area contributed by atoms with Crippen LogP contribution in [0.2, 0.25) is 0 Å². The highest BCUT2D eigenvalue weighted by molar-refractivity contribution is 5.39. The number of methoxy groups -OCH3 is 2. The quantitative estimate of drug-likeness (QED) is 0.711. The molecule has 102 valence electrons. The maximum atomic E-state index is 5.67. The van der Waals surface area contributed by atoms with Gasteiger partial charge in [-0.3, -0.25) is 4.90 Å². The smallest absolute Gasteiger partial charge is 0.0640 e. The van der Waals surface area contributed by atoms with Crippen LogP contribution in [-0.4, -0.2) is 52.0 Å². The highest BCUT2D eigenvalue weighted by Crippen LogP contribution is 2.07. The number of ether oxygens (including phenoxy) is 2. The predicted molar refractivity (Wildman–Crippen MR) is 74.7 cm³/mol. The summed E-state index contributed by atoms with van der Waals surface area (Å²) < 4.78 is 10.4. The normalized spacial score (nSPS) is 11.4. The Morgan fingerprint density at radius 1 is 1.11 bits per heavy atom. The number of likely N-dealkylation sites (N-methyl/N-ethyl adjacent to an activating group) is 1. The molecule has 0 spiro atoms. The van der Waals surface area contributed by atoms with Crippen LogP contribution in [-0.2, 0) is 15.9 Å². The monoisotopic (exact) mass is 252 g/mol. The topological polar surface area (TPSA) is 47.7 Å². The van der Waals surface area contributed by atoms with Crippen LogP contribution in [0.25, 0.3) is 0 Å². The SMILES string of the molecule is COCC(COC)N(C)CCc1ccc(N)cc1. The van der Waals surface area contributed by atoms with Gasteiger partial charge in [-0.2, -0.15) is 0 Å². The van der Waals surface area contributed by atoms with E-state index < -0.39 is 0 Å². The Hall–Kier alpha value is -1.10. The van der Waals surface area contributed by atoms with Gasteiger partial charge in [0.1, 0.15) is 0 Å². The van der Waals surface area contributed by atoms with Crippen LogP contribution in [0.15, 0.2) is 24.3 Å². The summed E-state index contributed by atoms with van der Waals surface area (Å²) in [5.74, 6) is 0. The van der Waals surface area contributed by atoms with Gasteiger partial charge in [0.2, 0.25) is 0 Å².